The Morgan fingerprint density at radius 1 is 1.21 bits per heavy atom. The second kappa shape index (κ2) is 7.17. The van der Waals surface area contributed by atoms with Crippen LogP contribution in [0.5, 0.6) is 0 Å². The van der Waals surface area contributed by atoms with E-state index in [-0.39, 0.29) is 5.91 Å². The number of aromatic nitrogens is 4. The van der Waals surface area contributed by atoms with E-state index in [1.54, 1.807) is 17.7 Å². The number of nitrogens with one attached hydrogen (secondary N) is 1. The zero-order valence-corrected chi connectivity index (χ0v) is 15.9. The van der Waals surface area contributed by atoms with Crippen LogP contribution in [0.25, 0.3) is 21.7 Å². The van der Waals surface area contributed by atoms with Crippen molar-refractivity contribution in [1.29, 1.82) is 0 Å². The summed E-state index contributed by atoms with van der Waals surface area (Å²) in [6.07, 6.45) is 1.64. The first kappa shape index (κ1) is 17.1. The summed E-state index contributed by atoms with van der Waals surface area (Å²) in [4.78, 5) is 29.6. The van der Waals surface area contributed by atoms with Crippen molar-refractivity contribution in [1.82, 2.24) is 29.9 Å². The maximum atomic E-state index is 12.8. The molecule has 1 aliphatic heterocycles. The van der Waals surface area contributed by atoms with Gasteiger partial charge in [0.05, 0.1) is 28.8 Å². The third kappa shape index (κ3) is 3.30. The van der Waals surface area contributed by atoms with Crippen molar-refractivity contribution in [3.8, 4) is 10.7 Å². The number of carbonyl (C=O) groups excluding carboxylic acids is 1. The number of rotatable bonds is 4. The van der Waals surface area contributed by atoms with E-state index in [0.717, 1.165) is 29.0 Å². The Balaban J connectivity index is 1.19. The van der Waals surface area contributed by atoms with Crippen LogP contribution in [0.4, 0.5) is 0 Å². The minimum Gasteiger partial charge on any atom is -0.345 e. The third-order valence-corrected chi connectivity index (χ3v) is 5.76. The average Bonchev–Trinajstić information content (AvgIpc) is 3.48. The summed E-state index contributed by atoms with van der Waals surface area (Å²) >= 11 is 1.59. The monoisotopic (exact) mass is 394 g/mol. The van der Waals surface area contributed by atoms with Crippen LogP contribution in [0.15, 0.2) is 46.6 Å². The summed E-state index contributed by atoms with van der Waals surface area (Å²) in [5.41, 5.74) is 2.42. The number of piperazine rings is 1. The molecule has 0 spiro atoms. The normalized spacial score (nSPS) is 15.4. The first-order chi connectivity index (χ1) is 13.8. The van der Waals surface area contributed by atoms with Gasteiger partial charge in [-0.15, -0.1) is 11.3 Å². The number of carbonyl (C=O) groups is 1. The van der Waals surface area contributed by atoms with Crippen molar-refractivity contribution in [2.45, 2.75) is 6.54 Å². The van der Waals surface area contributed by atoms with Crippen molar-refractivity contribution in [3.05, 3.63) is 53.5 Å². The summed E-state index contributed by atoms with van der Waals surface area (Å²) in [7, 11) is 0. The number of thiophene rings is 1. The van der Waals surface area contributed by atoms with E-state index in [9.17, 15) is 4.79 Å². The molecule has 4 aromatic rings. The van der Waals surface area contributed by atoms with E-state index in [4.69, 9.17) is 4.52 Å². The summed E-state index contributed by atoms with van der Waals surface area (Å²) in [6, 6.07) is 9.51. The van der Waals surface area contributed by atoms with Crippen molar-refractivity contribution in [3.63, 3.8) is 0 Å². The largest absolute Gasteiger partial charge is 0.345 e. The fourth-order valence-corrected chi connectivity index (χ4v) is 4.03. The first-order valence-corrected chi connectivity index (χ1v) is 9.95. The van der Waals surface area contributed by atoms with E-state index < -0.39 is 0 Å². The molecule has 0 saturated carbocycles. The quantitative estimate of drug-likeness (QED) is 0.572. The number of imidazole rings is 1. The molecule has 1 aliphatic rings. The van der Waals surface area contributed by atoms with E-state index in [1.807, 2.05) is 40.6 Å². The fourth-order valence-electron chi connectivity index (χ4n) is 3.38. The standard InChI is InChI=1S/C19H18N6O2S/c26-19(13-3-4-14-15(10-13)21-12-20-14)25-7-5-24(6-8-25)11-17-22-18(23-27-17)16-2-1-9-28-16/h1-4,9-10,12H,5-8,11H2,(H,20,21). The molecule has 3 aromatic heterocycles. The second-order valence-corrected chi connectivity index (χ2v) is 7.64. The SMILES string of the molecule is O=C(c1ccc2nc[nH]c2c1)N1CCN(Cc2nc(-c3cccs3)no2)CC1. The number of aromatic amines is 1. The molecule has 9 heteroatoms. The molecule has 1 aromatic carbocycles. The predicted octanol–water partition coefficient (Wildman–Crippen LogP) is 2.63. The number of hydrogen-bond donors (Lipinski definition) is 1. The third-order valence-electron chi connectivity index (χ3n) is 4.90. The molecule has 0 atom stereocenters. The van der Waals surface area contributed by atoms with Crippen LogP contribution in [-0.2, 0) is 6.54 Å². The molecule has 142 valence electrons. The van der Waals surface area contributed by atoms with Gasteiger partial charge in [-0.05, 0) is 29.6 Å². The molecule has 0 aliphatic carbocycles. The van der Waals surface area contributed by atoms with Gasteiger partial charge in [0.15, 0.2) is 0 Å². The van der Waals surface area contributed by atoms with Crippen LogP contribution >= 0.6 is 11.3 Å². The maximum absolute atomic E-state index is 12.8. The minimum atomic E-state index is 0.0499. The Morgan fingerprint density at radius 2 is 2.11 bits per heavy atom. The lowest BCUT2D eigenvalue weighted by atomic mass is 10.1. The van der Waals surface area contributed by atoms with Gasteiger partial charge < -0.3 is 14.4 Å². The lowest BCUT2D eigenvalue weighted by Gasteiger charge is -2.34. The molecular formula is C19H18N6O2S. The molecule has 1 amide bonds. The number of H-pyrrole nitrogens is 1. The zero-order valence-electron chi connectivity index (χ0n) is 15.0. The van der Waals surface area contributed by atoms with Gasteiger partial charge in [-0.1, -0.05) is 11.2 Å². The Morgan fingerprint density at radius 3 is 2.93 bits per heavy atom. The molecule has 1 N–H and O–H groups in total. The summed E-state index contributed by atoms with van der Waals surface area (Å²) in [5.74, 6) is 1.29. The molecule has 0 bridgehead atoms. The molecule has 4 heterocycles. The number of benzene rings is 1. The highest BCUT2D eigenvalue weighted by molar-refractivity contribution is 7.13. The molecule has 0 unspecified atom stereocenters. The van der Waals surface area contributed by atoms with Crippen LogP contribution in [0, 0.1) is 0 Å². The van der Waals surface area contributed by atoms with Crippen molar-refractivity contribution in [2.24, 2.45) is 0 Å². The van der Waals surface area contributed by atoms with Gasteiger partial charge in [0.1, 0.15) is 0 Å². The topological polar surface area (TPSA) is 91.2 Å². The van der Waals surface area contributed by atoms with Crippen LogP contribution in [0.3, 0.4) is 0 Å². The molecule has 5 rings (SSSR count). The molecule has 1 saturated heterocycles. The van der Waals surface area contributed by atoms with Gasteiger partial charge >= 0.3 is 0 Å². The van der Waals surface area contributed by atoms with Crippen LogP contribution in [0.1, 0.15) is 16.2 Å². The molecule has 1 fully saturated rings. The lowest BCUT2D eigenvalue weighted by molar-refractivity contribution is 0.0615. The number of nitrogens with zero attached hydrogens (tertiary/aromatic N) is 5. The van der Waals surface area contributed by atoms with Gasteiger partial charge in [0.2, 0.25) is 11.7 Å². The van der Waals surface area contributed by atoms with Crippen LogP contribution in [-0.4, -0.2) is 62.0 Å². The average molecular weight is 394 g/mol. The molecule has 28 heavy (non-hydrogen) atoms. The number of amides is 1. The highest BCUT2D eigenvalue weighted by atomic mass is 32.1. The Hall–Kier alpha value is -3.04. The minimum absolute atomic E-state index is 0.0499. The summed E-state index contributed by atoms with van der Waals surface area (Å²) in [5, 5.41) is 6.04. The Bertz CT molecular complexity index is 1090. The van der Waals surface area contributed by atoms with Crippen molar-refractivity contribution in [2.75, 3.05) is 26.2 Å². The fraction of sp³-hybridized carbons (Fsp3) is 0.263. The van der Waals surface area contributed by atoms with E-state index in [2.05, 4.69) is 25.0 Å². The summed E-state index contributed by atoms with van der Waals surface area (Å²) < 4.78 is 5.38. The zero-order chi connectivity index (χ0) is 18.9. The van der Waals surface area contributed by atoms with Crippen molar-refractivity contribution < 1.29 is 9.32 Å². The van der Waals surface area contributed by atoms with E-state index >= 15 is 0 Å². The van der Waals surface area contributed by atoms with E-state index in [1.165, 1.54) is 0 Å². The highest BCUT2D eigenvalue weighted by Gasteiger charge is 2.24. The maximum Gasteiger partial charge on any atom is 0.254 e. The van der Waals surface area contributed by atoms with Crippen LogP contribution in [0.2, 0.25) is 0 Å². The van der Waals surface area contributed by atoms with Gasteiger partial charge in [0, 0.05) is 31.7 Å². The van der Waals surface area contributed by atoms with Gasteiger partial charge in [-0.3, -0.25) is 9.69 Å². The number of fused-ring (bicyclic) bond motifs is 1. The predicted molar refractivity (Wildman–Crippen MR) is 105 cm³/mol. The van der Waals surface area contributed by atoms with Gasteiger partial charge in [-0.2, -0.15) is 4.98 Å². The smallest absolute Gasteiger partial charge is 0.254 e. The second-order valence-electron chi connectivity index (χ2n) is 6.69. The van der Waals surface area contributed by atoms with Gasteiger partial charge in [-0.25, -0.2) is 4.98 Å². The first-order valence-electron chi connectivity index (χ1n) is 9.07. The van der Waals surface area contributed by atoms with E-state index in [0.29, 0.717) is 36.9 Å². The highest BCUT2D eigenvalue weighted by Crippen LogP contribution is 2.22. The van der Waals surface area contributed by atoms with Crippen LogP contribution < -0.4 is 0 Å². The summed E-state index contributed by atoms with van der Waals surface area (Å²) in [6.45, 7) is 3.49. The van der Waals surface area contributed by atoms with Crippen molar-refractivity contribution >= 4 is 28.3 Å². The molecule has 8 nitrogen and oxygen atoms in total. The molecular weight excluding hydrogens is 376 g/mol. The Labute approximate surface area is 164 Å². The van der Waals surface area contributed by atoms with Gasteiger partial charge in [0.25, 0.3) is 5.91 Å². The lowest BCUT2D eigenvalue weighted by Crippen LogP contribution is -2.48. The number of hydrogen-bond acceptors (Lipinski definition) is 7. The Kier molecular flexibility index (Phi) is 4.38. The molecule has 0 radical (unpaired) electrons.